The SMILES string of the molecule is CC(C)CNCc1nnc(-c2ccccc2)s1. The highest BCUT2D eigenvalue weighted by atomic mass is 32.1. The second kappa shape index (κ2) is 5.89. The van der Waals surface area contributed by atoms with Gasteiger partial charge in [0.15, 0.2) is 0 Å². The molecule has 0 amide bonds. The molecule has 0 radical (unpaired) electrons. The Balaban J connectivity index is 1.97. The Kier molecular flexibility index (Phi) is 4.23. The maximum Gasteiger partial charge on any atom is 0.147 e. The van der Waals surface area contributed by atoms with Gasteiger partial charge >= 0.3 is 0 Å². The van der Waals surface area contributed by atoms with Crippen LogP contribution in [-0.2, 0) is 6.54 Å². The molecule has 0 saturated heterocycles. The minimum absolute atomic E-state index is 0.663. The Morgan fingerprint density at radius 2 is 1.94 bits per heavy atom. The van der Waals surface area contributed by atoms with Gasteiger partial charge in [0, 0.05) is 12.1 Å². The van der Waals surface area contributed by atoms with E-state index in [9.17, 15) is 0 Å². The molecule has 0 aliphatic carbocycles. The van der Waals surface area contributed by atoms with Crippen LogP contribution in [0.5, 0.6) is 0 Å². The summed E-state index contributed by atoms with van der Waals surface area (Å²) in [6.07, 6.45) is 0. The molecule has 0 bridgehead atoms. The fourth-order valence-corrected chi connectivity index (χ4v) is 2.30. The van der Waals surface area contributed by atoms with Gasteiger partial charge in [-0.2, -0.15) is 0 Å². The molecular weight excluding hydrogens is 230 g/mol. The summed E-state index contributed by atoms with van der Waals surface area (Å²) in [5.41, 5.74) is 1.14. The Morgan fingerprint density at radius 3 is 2.65 bits per heavy atom. The van der Waals surface area contributed by atoms with Crippen molar-refractivity contribution in [3.05, 3.63) is 35.3 Å². The molecule has 1 N–H and O–H groups in total. The first-order valence-corrected chi connectivity index (χ1v) is 6.66. The molecule has 3 nitrogen and oxygen atoms in total. The monoisotopic (exact) mass is 247 g/mol. The maximum atomic E-state index is 4.21. The van der Waals surface area contributed by atoms with Crippen LogP contribution in [0.1, 0.15) is 18.9 Å². The zero-order valence-electron chi connectivity index (χ0n) is 10.2. The predicted octanol–water partition coefficient (Wildman–Crippen LogP) is 2.95. The molecule has 0 aliphatic rings. The molecule has 90 valence electrons. The van der Waals surface area contributed by atoms with E-state index >= 15 is 0 Å². The fraction of sp³-hybridized carbons (Fsp3) is 0.385. The standard InChI is InChI=1S/C13H17N3S/c1-10(2)8-14-9-12-15-16-13(17-12)11-6-4-3-5-7-11/h3-7,10,14H,8-9H2,1-2H3. The van der Waals surface area contributed by atoms with Crippen molar-refractivity contribution in [2.45, 2.75) is 20.4 Å². The molecule has 4 heteroatoms. The Morgan fingerprint density at radius 1 is 1.18 bits per heavy atom. The van der Waals surface area contributed by atoms with Crippen LogP contribution in [0, 0.1) is 5.92 Å². The van der Waals surface area contributed by atoms with Gasteiger partial charge in [0.05, 0.1) is 0 Å². The van der Waals surface area contributed by atoms with Crippen molar-refractivity contribution >= 4 is 11.3 Å². The zero-order valence-corrected chi connectivity index (χ0v) is 11.0. The molecule has 0 spiro atoms. The minimum atomic E-state index is 0.663. The van der Waals surface area contributed by atoms with Crippen molar-refractivity contribution in [1.82, 2.24) is 15.5 Å². The van der Waals surface area contributed by atoms with Gasteiger partial charge in [0.2, 0.25) is 0 Å². The third kappa shape index (κ3) is 3.61. The third-order valence-corrected chi connectivity index (χ3v) is 3.29. The normalized spacial score (nSPS) is 11.0. The lowest BCUT2D eigenvalue weighted by Gasteiger charge is -2.03. The number of nitrogens with one attached hydrogen (secondary N) is 1. The van der Waals surface area contributed by atoms with E-state index in [1.54, 1.807) is 11.3 Å². The van der Waals surface area contributed by atoms with Gasteiger partial charge in [-0.1, -0.05) is 55.5 Å². The van der Waals surface area contributed by atoms with Gasteiger partial charge in [-0.15, -0.1) is 10.2 Å². The second-order valence-corrected chi connectivity index (χ2v) is 5.45. The van der Waals surface area contributed by atoms with E-state index in [1.165, 1.54) is 0 Å². The van der Waals surface area contributed by atoms with E-state index in [0.29, 0.717) is 5.92 Å². The summed E-state index contributed by atoms with van der Waals surface area (Å²) in [5.74, 6) is 0.663. The van der Waals surface area contributed by atoms with E-state index in [-0.39, 0.29) is 0 Å². The molecule has 0 fully saturated rings. The largest absolute Gasteiger partial charge is 0.310 e. The highest BCUT2D eigenvalue weighted by Gasteiger charge is 2.05. The maximum absolute atomic E-state index is 4.21. The van der Waals surface area contributed by atoms with E-state index in [1.807, 2.05) is 18.2 Å². The summed E-state index contributed by atoms with van der Waals surface area (Å²) in [6, 6.07) is 10.2. The molecule has 17 heavy (non-hydrogen) atoms. The van der Waals surface area contributed by atoms with Gasteiger partial charge in [-0.3, -0.25) is 0 Å². The number of rotatable bonds is 5. The summed E-state index contributed by atoms with van der Waals surface area (Å²) in [6.45, 7) is 6.22. The number of hydrogen-bond acceptors (Lipinski definition) is 4. The van der Waals surface area contributed by atoms with Crippen LogP contribution in [0.2, 0.25) is 0 Å². The van der Waals surface area contributed by atoms with E-state index in [4.69, 9.17) is 0 Å². The van der Waals surface area contributed by atoms with E-state index in [2.05, 4.69) is 41.5 Å². The van der Waals surface area contributed by atoms with E-state index in [0.717, 1.165) is 28.7 Å². The molecule has 0 unspecified atom stereocenters. The summed E-state index contributed by atoms with van der Waals surface area (Å²) in [5, 5.41) is 13.8. The van der Waals surface area contributed by atoms with Crippen molar-refractivity contribution in [3.8, 4) is 10.6 Å². The van der Waals surface area contributed by atoms with Gasteiger partial charge in [0.25, 0.3) is 0 Å². The summed E-state index contributed by atoms with van der Waals surface area (Å²) < 4.78 is 0. The van der Waals surface area contributed by atoms with Gasteiger partial charge in [0.1, 0.15) is 10.0 Å². The molecule has 2 aromatic rings. The highest BCUT2D eigenvalue weighted by Crippen LogP contribution is 2.22. The molecule has 0 aliphatic heterocycles. The van der Waals surface area contributed by atoms with Crippen LogP contribution in [0.3, 0.4) is 0 Å². The van der Waals surface area contributed by atoms with Gasteiger partial charge < -0.3 is 5.32 Å². The van der Waals surface area contributed by atoms with Gasteiger partial charge in [-0.05, 0) is 12.5 Å². The average molecular weight is 247 g/mol. The predicted molar refractivity (Wildman–Crippen MR) is 71.9 cm³/mol. The van der Waals surface area contributed by atoms with Crippen molar-refractivity contribution in [2.24, 2.45) is 5.92 Å². The third-order valence-electron chi connectivity index (χ3n) is 2.32. The van der Waals surface area contributed by atoms with Gasteiger partial charge in [-0.25, -0.2) is 0 Å². The lowest BCUT2D eigenvalue weighted by molar-refractivity contribution is 0.550. The van der Waals surface area contributed by atoms with Crippen molar-refractivity contribution < 1.29 is 0 Å². The summed E-state index contributed by atoms with van der Waals surface area (Å²) >= 11 is 1.65. The Bertz CT molecular complexity index is 451. The Labute approximate surface area is 106 Å². The highest BCUT2D eigenvalue weighted by molar-refractivity contribution is 7.14. The van der Waals surface area contributed by atoms with Crippen molar-refractivity contribution in [1.29, 1.82) is 0 Å². The van der Waals surface area contributed by atoms with Crippen molar-refractivity contribution in [3.63, 3.8) is 0 Å². The summed E-state index contributed by atoms with van der Waals surface area (Å²) in [4.78, 5) is 0. The lowest BCUT2D eigenvalue weighted by Crippen LogP contribution is -2.18. The molecule has 1 aromatic heterocycles. The van der Waals surface area contributed by atoms with E-state index < -0.39 is 0 Å². The fourth-order valence-electron chi connectivity index (χ4n) is 1.49. The number of aromatic nitrogens is 2. The average Bonchev–Trinajstić information content (AvgIpc) is 2.78. The molecule has 0 atom stereocenters. The van der Waals surface area contributed by atoms with Crippen molar-refractivity contribution in [2.75, 3.05) is 6.54 Å². The first-order valence-electron chi connectivity index (χ1n) is 5.84. The van der Waals surface area contributed by atoms with Crippen LogP contribution in [-0.4, -0.2) is 16.7 Å². The zero-order chi connectivity index (χ0) is 12.1. The molecule has 1 aromatic carbocycles. The molecular formula is C13H17N3S. The van der Waals surface area contributed by atoms with Crippen LogP contribution >= 0.6 is 11.3 Å². The van der Waals surface area contributed by atoms with Crippen LogP contribution in [0.25, 0.3) is 10.6 Å². The lowest BCUT2D eigenvalue weighted by atomic mass is 10.2. The molecule has 1 heterocycles. The second-order valence-electron chi connectivity index (χ2n) is 4.39. The number of hydrogen-bond donors (Lipinski definition) is 1. The topological polar surface area (TPSA) is 37.8 Å². The quantitative estimate of drug-likeness (QED) is 0.882. The van der Waals surface area contributed by atoms with Crippen LogP contribution in [0.4, 0.5) is 0 Å². The number of nitrogens with zero attached hydrogens (tertiary/aromatic N) is 2. The molecule has 2 rings (SSSR count). The number of benzene rings is 1. The smallest absolute Gasteiger partial charge is 0.147 e. The molecule has 0 saturated carbocycles. The first-order chi connectivity index (χ1) is 8.25. The minimum Gasteiger partial charge on any atom is -0.310 e. The Hall–Kier alpha value is -1.26. The van der Waals surface area contributed by atoms with Crippen LogP contribution < -0.4 is 5.32 Å². The van der Waals surface area contributed by atoms with Crippen LogP contribution in [0.15, 0.2) is 30.3 Å². The first kappa shape index (κ1) is 12.2. The summed E-state index contributed by atoms with van der Waals surface area (Å²) in [7, 11) is 0.